The van der Waals surface area contributed by atoms with Crippen molar-refractivity contribution < 1.29 is 13.9 Å². The van der Waals surface area contributed by atoms with Crippen molar-refractivity contribution in [3.8, 4) is 5.75 Å². The molecule has 1 fully saturated rings. The third-order valence-corrected chi connectivity index (χ3v) is 4.92. The molecule has 0 N–H and O–H groups in total. The average molecular weight is 340 g/mol. The standard InChI is InChI=1S/C20H21FN2O2/c21-15-5-7-16(8-6-15)23-11-9-22(10-12-23)14-17-13-19(24)18-3-1-2-4-20(18)25-17/h1-8,17H,9-14H2/t17-/m1/s1. The van der Waals surface area contributed by atoms with Crippen molar-refractivity contribution in [2.45, 2.75) is 12.5 Å². The quantitative estimate of drug-likeness (QED) is 0.860. The van der Waals surface area contributed by atoms with Gasteiger partial charge in [-0.1, -0.05) is 12.1 Å². The summed E-state index contributed by atoms with van der Waals surface area (Å²) in [4.78, 5) is 16.9. The number of carbonyl (C=O) groups is 1. The summed E-state index contributed by atoms with van der Waals surface area (Å²) in [5.41, 5.74) is 1.75. The molecular formula is C20H21FN2O2. The first kappa shape index (κ1) is 16.1. The van der Waals surface area contributed by atoms with Crippen LogP contribution in [0.1, 0.15) is 16.8 Å². The van der Waals surface area contributed by atoms with Gasteiger partial charge in [0.05, 0.1) is 5.56 Å². The summed E-state index contributed by atoms with van der Waals surface area (Å²) in [5, 5.41) is 0. The summed E-state index contributed by atoms with van der Waals surface area (Å²) in [6.45, 7) is 4.36. The number of benzene rings is 2. The van der Waals surface area contributed by atoms with Crippen molar-refractivity contribution >= 4 is 11.5 Å². The Hall–Kier alpha value is -2.40. The molecule has 25 heavy (non-hydrogen) atoms. The summed E-state index contributed by atoms with van der Waals surface area (Å²) in [6.07, 6.45) is 0.356. The molecule has 0 aliphatic carbocycles. The van der Waals surface area contributed by atoms with Crippen LogP contribution in [-0.2, 0) is 0 Å². The largest absolute Gasteiger partial charge is 0.488 e. The normalized spacial score (nSPS) is 20.9. The number of rotatable bonds is 3. The van der Waals surface area contributed by atoms with E-state index in [2.05, 4.69) is 9.80 Å². The molecule has 0 aromatic heterocycles. The molecule has 0 saturated carbocycles. The first-order chi connectivity index (χ1) is 12.2. The molecule has 2 heterocycles. The lowest BCUT2D eigenvalue weighted by Gasteiger charge is -2.38. The number of piperazine rings is 1. The molecule has 130 valence electrons. The van der Waals surface area contributed by atoms with Crippen LogP contribution in [-0.4, -0.2) is 49.5 Å². The molecule has 4 rings (SSSR count). The summed E-state index contributed by atoms with van der Waals surface area (Å²) < 4.78 is 19.1. The van der Waals surface area contributed by atoms with Gasteiger partial charge in [0, 0.05) is 44.8 Å². The Kier molecular flexibility index (Phi) is 4.40. The van der Waals surface area contributed by atoms with Crippen LogP contribution in [0.4, 0.5) is 10.1 Å². The first-order valence-corrected chi connectivity index (χ1v) is 8.71. The number of nitrogens with zero attached hydrogens (tertiary/aromatic N) is 2. The molecule has 0 radical (unpaired) electrons. The van der Waals surface area contributed by atoms with Gasteiger partial charge in [-0.25, -0.2) is 4.39 Å². The second-order valence-corrected chi connectivity index (χ2v) is 6.63. The second-order valence-electron chi connectivity index (χ2n) is 6.63. The Balaban J connectivity index is 1.33. The van der Waals surface area contributed by atoms with Crippen LogP contribution in [0.3, 0.4) is 0 Å². The van der Waals surface area contributed by atoms with Gasteiger partial charge in [0.15, 0.2) is 5.78 Å². The molecule has 2 aliphatic rings. The highest BCUT2D eigenvalue weighted by Crippen LogP contribution is 2.27. The van der Waals surface area contributed by atoms with Crippen LogP contribution in [0.2, 0.25) is 0 Å². The number of hydrogen-bond donors (Lipinski definition) is 0. The summed E-state index contributed by atoms with van der Waals surface area (Å²) in [5.74, 6) is 0.660. The van der Waals surface area contributed by atoms with Gasteiger partial charge in [0.2, 0.25) is 0 Å². The van der Waals surface area contributed by atoms with Crippen LogP contribution < -0.4 is 9.64 Å². The summed E-state index contributed by atoms with van der Waals surface area (Å²) in [7, 11) is 0. The Morgan fingerprint density at radius 3 is 2.48 bits per heavy atom. The van der Waals surface area contributed by atoms with Gasteiger partial charge in [-0.15, -0.1) is 0 Å². The maximum atomic E-state index is 13.0. The Labute approximate surface area is 146 Å². The van der Waals surface area contributed by atoms with Gasteiger partial charge < -0.3 is 9.64 Å². The highest BCUT2D eigenvalue weighted by atomic mass is 19.1. The fourth-order valence-electron chi connectivity index (χ4n) is 3.57. The molecule has 0 spiro atoms. The van der Waals surface area contributed by atoms with E-state index >= 15 is 0 Å². The van der Waals surface area contributed by atoms with Crippen molar-refractivity contribution in [1.82, 2.24) is 4.90 Å². The molecule has 2 aromatic rings. The maximum absolute atomic E-state index is 13.0. The first-order valence-electron chi connectivity index (χ1n) is 8.71. The number of anilines is 1. The number of hydrogen-bond acceptors (Lipinski definition) is 4. The van der Waals surface area contributed by atoms with Crippen molar-refractivity contribution in [1.29, 1.82) is 0 Å². The van der Waals surface area contributed by atoms with Crippen molar-refractivity contribution in [2.24, 2.45) is 0 Å². The van der Waals surface area contributed by atoms with Gasteiger partial charge in [-0.3, -0.25) is 9.69 Å². The fourth-order valence-corrected chi connectivity index (χ4v) is 3.57. The number of para-hydroxylation sites is 1. The van der Waals surface area contributed by atoms with E-state index in [1.165, 1.54) is 12.1 Å². The highest BCUT2D eigenvalue weighted by Gasteiger charge is 2.28. The Morgan fingerprint density at radius 2 is 1.72 bits per heavy atom. The molecule has 0 bridgehead atoms. The highest BCUT2D eigenvalue weighted by molar-refractivity contribution is 5.99. The molecule has 0 amide bonds. The van der Waals surface area contributed by atoms with E-state index in [0.29, 0.717) is 17.7 Å². The molecule has 4 nitrogen and oxygen atoms in total. The van der Waals surface area contributed by atoms with Gasteiger partial charge >= 0.3 is 0 Å². The zero-order valence-corrected chi connectivity index (χ0v) is 14.0. The third-order valence-electron chi connectivity index (χ3n) is 4.92. The lowest BCUT2D eigenvalue weighted by atomic mass is 10.0. The van der Waals surface area contributed by atoms with Gasteiger partial charge in [0.1, 0.15) is 17.7 Å². The zero-order chi connectivity index (χ0) is 17.2. The summed E-state index contributed by atoms with van der Waals surface area (Å²) in [6, 6.07) is 14.1. The van der Waals surface area contributed by atoms with E-state index in [1.807, 2.05) is 36.4 Å². The minimum absolute atomic E-state index is 0.0835. The van der Waals surface area contributed by atoms with Gasteiger partial charge in [0.25, 0.3) is 0 Å². The fraction of sp³-hybridized carbons (Fsp3) is 0.350. The smallest absolute Gasteiger partial charge is 0.170 e. The number of halogens is 1. The van der Waals surface area contributed by atoms with Crippen LogP contribution in [0.25, 0.3) is 0 Å². The lowest BCUT2D eigenvalue weighted by molar-refractivity contribution is 0.0756. The Morgan fingerprint density at radius 1 is 1.00 bits per heavy atom. The van der Waals surface area contributed by atoms with E-state index in [9.17, 15) is 9.18 Å². The van der Waals surface area contributed by atoms with Crippen molar-refractivity contribution in [3.05, 3.63) is 59.9 Å². The van der Waals surface area contributed by atoms with Crippen LogP contribution in [0, 0.1) is 5.82 Å². The van der Waals surface area contributed by atoms with E-state index in [0.717, 1.165) is 38.4 Å². The minimum atomic E-state index is -0.207. The molecular weight excluding hydrogens is 319 g/mol. The van der Waals surface area contributed by atoms with E-state index in [4.69, 9.17) is 4.74 Å². The van der Waals surface area contributed by atoms with Gasteiger partial charge in [-0.05, 0) is 36.4 Å². The average Bonchev–Trinajstić information content (AvgIpc) is 2.63. The number of ketones is 1. The summed E-state index contributed by atoms with van der Waals surface area (Å²) >= 11 is 0. The number of fused-ring (bicyclic) bond motifs is 1. The third kappa shape index (κ3) is 3.51. The molecule has 5 heteroatoms. The maximum Gasteiger partial charge on any atom is 0.170 e. The van der Waals surface area contributed by atoms with Crippen LogP contribution >= 0.6 is 0 Å². The molecule has 1 saturated heterocycles. The SMILES string of the molecule is O=C1C[C@H](CN2CCN(c3ccc(F)cc3)CC2)Oc2ccccc21. The lowest BCUT2D eigenvalue weighted by Crippen LogP contribution is -2.50. The molecule has 0 unspecified atom stereocenters. The molecule has 2 aromatic carbocycles. The number of carbonyl (C=O) groups excluding carboxylic acids is 1. The molecule has 2 aliphatic heterocycles. The van der Waals surface area contributed by atoms with E-state index < -0.39 is 0 Å². The van der Waals surface area contributed by atoms with E-state index in [-0.39, 0.29) is 17.7 Å². The van der Waals surface area contributed by atoms with Crippen molar-refractivity contribution in [3.63, 3.8) is 0 Å². The topological polar surface area (TPSA) is 32.8 Å². The van der Waals surface area contributed by atoms with E-state index in [1.54, 1.807) is 0 Å². The predicted octanol–water partition coefficient (Wildman–Crippen LogP) is 2.98. The van der Waals surface area contributed by atoms with Crippen LogP contribution in [0.5, 0.6) is 5.75 Å². The monoisotopic (exact) mass is 340 g/mol. The predicted molar refractivity (Wildman–Crippen MR) is 94.9 cm³/mol. The van der Waals surface area contributed by atoms with Crippen molar-refractivity contribution in [2.75, 3.05) is 37.6 Å². The number of ether oxygens (including phenoxy) is 1. The van der Waals surface area contributed by atoms with Crippen LogP contribution in [0.15, 0.2) is 48.5 Å². The van der Waals surface area contributed by atoms with Gasteiger partial charge in [-0.2, -0.15) is 0 Å². The Bertz CT molecular complexity index is 755. The second kappa shape index (κ2) is 6.84. The minimum Gasteiger partial charge on any atom is -0.488 e. The number of Topliss-reactive ketones (excluding diaryl/α,β-unsaturated/α-hetero) is 1. The molecule has 1 atom stereocenters. The zero-order valence-electron chi connectivity index (χ0n) is 14.0.